The van der Waals surface area contributed by atoms with Crippen molar-refractivity contribution in [2.75, 3.05) is 0 Å². The molecule has 0 N–H and O–H groups in total. The lowest BCUT2D eigenvalue weighted by molar-refractivity contribution is 0.0567. The molecule has 3 aromatic carbocycles. The Balaban J connectivity index is 1.84. The number of fused-ring (bicyclic) bond motifs is 2. The van der Waals surface area contributed by atoms with Crippen LogP contribution in [-0.4, -0.2) is 22.6 Å². The molecule has 0 saturated carbocycles. The summed E-state index contributed by atoms with van der Waals surface area (Å²) in [7, 11) is 0. The van der Waals surface area contributed by atoms with Crippen LogP contribution in [0, 0.1) is 0 Å². The number of benzene rings is 3. The normalized spacial score (nSPS) is 13.5. The Hall–Kier alpha value is -3.27. The van der Waals surface area contributed by atoms with Crippen LogP contribution < -0.4 is 0 Å². The summed E-state index contributed by atoms with van der Waals surface area (Å²) in [5, 5.41) is 1.60. The molecule has 0 atom stereocenters. The Bertz CT molecular complexity index is 950. The molecule has 3 amide bonds. The van der Waals surface area contributed by atoms with E-state index in [4.69, 9.17) is 0 Å². The van der Waals surface area contributed by atoms with Crippen LogP contribution >= 0.6 is 0 Å². The molecule has 0 fully saturated rings. The molecule has 1 aliphatic rings. The highest BCUT2D eigenvalue weighted by atomic mass is 16.2. The molecule has 4 rings (SSSR count). The zero-order chi connectivity index (χ0) is 16.0. The first kappa shape index (κ1) is 13.4. The van der Waals surface area contributed by atoms with Gasteiger partial charge in [-0.15, -0.1) is 0 Å². The summed E-state index contributed by atoms with van der Waals surface area (Å²) >= 11 is 0. The van der Waals surface area contributed by atoms with Gasteiger partial charge in [0.2, 0.25) is 0 Å². The third kappa shape index (κ3) is 1.89. The van der Waals surface area contributed by atoms with Crippen molar-refractivity contribution in [2.24, 2.45) is 0 Å². The number of carbonyl (C=O) groups is 3. The van der Waals surface area contributed by atoms with E-state index in [1.807, 2.05) is 24.3 Å². The van der Waals surface area contributed by atoms with E-state index < -0.39 is 17.7 Å². The summed E-state index contributed by atoms with van der Waals surface area (Å²) in [6.07, 6.45) is 0. The molecular weight excluding hydrogens is 290 g/mol. The SMILES string of the molecule is O=C1c2ccccc2C(=O)N1C(=O)c1cccc2ccccc12. The zero-order valence-electron chi connectivity index (χ0n) is 12.0. The van der Waals surface area contributed by atoms with Gasteiger partial charge < -0.3 is 0 Å². The number of imide groups is 3. The quantitative estimate of drug-likeness (QED) is 0.648. The molecule has 0 aromatic heterocycles. The van der Waals surface area contributed by atoms with Gasteiger partial charge in [0.05, 0.1) is 11.1 Å². The highest BCUT2D eigenvalue weighted by molar-refractivity contribution is 6.32. The third-order valence-corrected chi connectivity index (χ3v) is 4.02. The fraction of sp³-hybridized carbons (Fsp3) is 0. The van der Waals surface area contributed by atoms with Crippen LogP contribution in [0.1, 0.15) is 31.1 Å². The van der Waals surface area contributed by atoms with Gasteiger partial charge in [0.15, 0.2) is 0 Å². The first-order valence-corrected chi connectivity index (χ1v) is 7.18. The number of hydrogen-bond acceptors (Lipinski definition) is 3. The van der Waals surface area contributed by atoms with E-state index in [-0.39, 0.29) is 11.1 Å². The summed E-state index contributed by atoms with van der Waals surface area (Å²) in [5.41, 5.74) is 0.884. The monoisotopic (exact) mass is 301 g/mol. The molecule has 3 aromatic rings. The summed E-state index contributed by atoms with van der Waals surface area (Å²) in [5.74, 6) is -1.72. The lowest BCUT2D eigenvalue weighted by Crippen LogP contribution is -2.36. The van der Waals surface area contributed by atoms with E-state index in [1.165, 1.54) is 0 Å². The van der Waals surface area contributed by atoms with Crippen molar-refractivity contribution in [1.29, 1.82) is 0 Å². The second-order valence-electron chi connectivity index (χ2n) is 5.32. The minimum absolute atomic E-state index is 0.270. The van der Waals surface area contributed by atoms with Crippen molar-refractivity contribution in [3.05, 3.63) is 83.4 Å². The zero-order valence-corrected chi connectivity index (χ0v) is 12.0. The fourth-order valence-corrected chi connectivity index (χ4v) is 2.91. The van der Waals surface area contributed by atoms with Crippen LogP contribution in [-0.2, 0) is 0 Å². The summed E-state index contributed by atoms with van der Waals surface area (Å²) in [6.45, 7) is 0. The van der Waals surface area contributed by atoms with Crippen molar-refractivity contribution in [2.45, 2.75) is 0 Å². The number of amides is 3. The first-order valence-electron chi connectivity index (χ1n) is 7.18. The van der Waals surface area contributed by atoms with E-state index >= 15 is 0 Å². The van der Waals surface area contributed by atoms with Gasteiger partial charge in [-0.05, 0) is 29.0 Å². The molecule has 4 nitrogen and oxygen atoms in total. The first-order chi connectivity index (χ1) is 11.2. The molecular formula is C19H11NO3. The van der Waals surface area contributed by atoms with Crippen LogP contribution in [0.15, 0.2) is 66.7 Å². The third-order valence-electron chi connectivity index (χ3n) is 4.02. The molecule has 23 heavy (non-hydrogen) atoms. The average Bonchev–Trinajstić information content (AvgIpc) is 2.85. The highest BCUT2D eigenvalue weighted by Crippen LogP contribution is 2.26. The van der Waals surface area contributed by atoms with Gasteiger partial charge in [-0.3, -0.25) is 14.4 Å². The largest absolute Gasteiger partial charge is 0.268 e. The van der Waals surface area contributed by atoms with E-state index in [1.54, 1.807) is 42.5 Å². The van der Waals surface area contributed by atoms with Gasteiger partial charge in [0.25, 0.3) is 17.7 Å². The Kier molecular flexibility index (Phi) is 2.84. The molecule has 0 spiro atoms. The van der Waals surface area contributed by atoms with Gasteiger partial charge in [-0.1, -0.05) is 48.5 Å². The molecule has 110 valence electrons. The van der Waals surface area contributed by atoms with E-state index in [9.17, 15) is 14.4 Å². The van der Waals surface area contributed by atoms with E-state index in [2.05, 4.69) is 0 Å². The van der Waals surface area contributed by atoms with Crippen molar-refractivity contribution in [3.8, 4) is 0 Å². The van der Waals surface area contributed by atoms with Crippen molar-refractivity contribution >= 4 is 28.5 Å². The second kappa shape index (κ2) is 4.88. The number of carbonyl (C=O) groups excluding carboxylic acids is 3. The molecule has 0 unspecified atom stereocenters. The maximum Gasteiger partial charge on any atom is 0.268 e. The molecule has 0 bridgehead atoms. The van der Waals surface area contributed by atoms with E-state index in [0.717, 1.165) is 15.7 Å². The molecule has 1 heterocycles. The van der Waals surface area contributed by atoms with Gasteiger partial charge in [-0.25, -0.2) is 4.90 Å². The molecule has 4 heteroatoms. The smallest absolute Gasteiger partial charge is 0.268 e. The van der Waals surface area contributed by atoms with Crippen molar-refractivity contribution in [3.63, 3.8) is 0 Å². The fourth-order valence-electron chi connectivity index (χ4n) is 2.91. The average molecular weight is 301 g/mol. The van der Waals surface area contributed by atoms with Gasteiger partial charge in [0.1, 0.15) is 0 Å². The van der Waals surface area contributed by atoms with Crippen LogP contribution in [0.4, 0.5) is 0 Å². The molecule has 1 aliphatic heterocycles. The molecule has 0 saturated heterocycles. The number of hydrogen-bond donors (Lipinski definition) is 0. The maximum absolute atomic E-state index is 12.8. The standard InChI is InChI=1S/C19H11NO3/c21-17(14-11-5-7-12-6-1-2-8-13(12)14)20-18(22)15-9-3-4-10-16(15)19(20)23/h1-11H. The minimum atomic E-state index is -0.590. The van der Waals surface area contributed by atoms with Gasteiger partial charge >= 0.3 is 0 Å². The second-order valence-corrected chi connectivity index (χ2v) is 5.32. The molecule has 0 aliphatic carbocycles. The number of rotatable bonds is 1. The topological polar surface area (TPSA) is 54.5 Å². The lowest BCUT2D eigenvalue weighted by Gasteiger charge is -2.13. The predicted molar refractivity (Wildman–Crippen MR) is 85.2 cm³/mol. The van der Waals surface area contributed by atoms with Crippen LogP contribution in [0.25, 0.3) is 10.8 Å². The van der Waals surface area contributed by atoms with Crippen LogP contribution in [0.2, 0.25) is 0 Å². The van der Waals surface area contributed by atoms with Gasteiger partial charge in [-0.2, -0.15) is 0 Å². The lowest BCUT2D eigenvalue weighted by atomic mass is 10.0. The van der Waals surface area contributed by atoms with Crippen molar-refractivity contribution in [1.82, 2.24) is 4.90 Å². The van der Waals surface area contributed by atoms with Crippen LogP contribution in [0.5, 0.6) is 0 Å². The summed E-state index contributed by atoms with van der Waals surface area (Å²) < 4.78 is 0. The highest BCUT2D eigenvalue weighted by Gasteiger charge is 2.40. The Morgan fingerprint density at radius 3 is 1.96 bits per heavy atom. The van der Waals surface area contributed by atoms with E-state index in [0.29, 0.717) is 5.56 Å². The number of nitrogens with zero attached hydrogens (tertiary/aromatic N) is 1. The predicted octanol–water partition coefficient (Wildman–Crippen LogP) is 3.28. The summed E-state index contributed by atoms with van der Waals surface area (Å²) in [6, 6.07) is 19.1. The van der Waals surface area contributed by atoms with Crippen LogP contribution in [0.3, 0.4) is 0 Å². The van der Waals surface area contributed by atoms with Crippen molar-refractivity contribution < 1.29 is 14.4 Å². The van der Waals surface area contributed by atoms with Gasteiger partial charge in [0, 0.05) is 5.56 Å². The molecule has 0 radical (unpaired) electrons. The maximum atomic E-state index is 12.8. The minimum Gasteiger partial charge on any atom is -0.268 e. The Morgan fingerprint density at radius 1 is 0.696 bits per heavy atom. The Morgan fingerprint density at radius 2 is 1.26 bits per heavy atom. The summed E-state index contributed by atoms with van der Waals surface area (Å²) in [4.78, 5) is 38.4. The Labute approximate surface area is 132 Å².